The molecule has 26 heavy (non-hydrogen) atoms. The van der Waals surface area contributed by atoms with Gasteiger partial charge < -0.3 is 5.32 Å². The molecule has 136 valence electrons. The fourth-order valence-electron chi connectivity index (χ4n) is 2.55. The lowest BCUT2D eigenvalue weighted by atomic mass is 10.1. The van der Waals surface area contributed by atoms with Gasteiger partial charge in [0.1, 0.15) is 5.69 Å². The van der Waals surface area contributed by atoms with Gasteiger partial charge >= 0.3 is 6.18 Å². The highest BCUT2D eigenvalue weighted by atomic mass is 19.4. The molecule has 0 aliphatic carbocycles. The number of anilines is 1. The number of aryl methyl sites for hydroxylation is 2. The van der Waals surface area contributed by atoms with Crippen molar-refractivity contribution in [2.75, 3.05) is 5.32 Å². The van der Waals surface area contributed by atoms with Gasteiger partial charge in [0.05, 0.1) is 18.4 Å². The number of nitrogens with zero attached hydrogens (tertiary/aromatic N) is 4. The van der Waals surface area contributed by atoms with Gasteiger partial charge in [-0.15, -0.1) is 0 Å². The molecule has 0 saturated heterocycles. The second-order valence-electron chi connectivity index (χ2n) is 5.91. The fourth-order valence-corrected chi connectivity index (χ4v) is 2.55. The molecule has 0 spiro atoms. The average Bonchev–Trinajstić information content (AvgIpc) is 3.13. The number of alkyl halides is 3. The molecule has 2 aromatic heterocycles. The van der Waals surface area contributed by atoms with Gasteiger partial charge in [0.2, 0.25) is 0 Å². The molecule has 0 bridgehead atoms. The molecule has 1 amide bonds. The van der Waals surface area contributed by atoms with Gasteiger partial charge in [0.15, 0.2) is 5.69 Å². The van der Waals surface area contributed by atoms with Crippen molar-refractivity contribution in [1.29, 1.82) is 0 Å². The summed E-state index contributed by atoms with van der Waals surface area (Å²) in [6.07, 6.45) is -1.53. The number of hydrogen-bond donors (Lipinski definition) is 1. The van der Waals surface area contributed by atoms with Crippen LogP contribution in [-0.2, 0) is 19.8 Å². The minimum absolute atomic E-state index is 0.314. The number of carbonyl (C=O) groups excluding carboxylic acids is 1. The van der Waals surface area contributed by atoms with Crippen LogP contribution < -0.4 is 5.32 Å². The molecule has 3 rings (SSSR count). The molecule has 2 heterocycles. The van der Waals surface area contributed by atoms with Crippen molar-refractivity contribution in [1.82, 2.24) is 19.6 Å². The Balaban J connectivity index is 1.70. The minimum Gasteiger partial charge on any atom is -0.318 e. The summed E-state index contributed by atoms with van der Waals surface area (Å²) in [5.74, 6) is -0.730. The van der Waals surface area contributed by atoms with Crippen molar-refractivity contribution in [3.8, 4) is 0 Å². The Bertz CT molecular complexity index is 942. The van der Waals surface area contributed by atoms with Gasteiger partial charge in [-0.1, -0.05) is 29.8 Å². The van der Waals surface area contributed by atoms with E-state index in [1.54, 1.807) is 10.9 Å². The Morgan fingerprint density at radius 1 is 1.27 bits per heavy atom. The zero-order chi connectivity index (χ0) is 18.9. The van der Waals surface area contributed by atoms with Crippen LogP contribution in [0.5, 0.6) is 0 Å². The van der Waals surface area contributed by atoms with Crippen LogP contribution in [0.25, 0.3) is 0 Å². The third kappa shape index (κ3) is 3.93. The predicted octanol–water partition coefficient (Wildman–Crippen LogP) is 3.24. The first-order valence-electron chi connectivity index (χ1n) is 7.73. The number of benzene rings is 1. The van der Waals surface area contributed by atoms with E-state index < -0.39 is 17.8 Å². The van der Waals surface area contributed by atoms with Crippen LogP contribution in [0.3, 0.4) is 0 Å². The highest BCUT2D eigenvalue weighted by molar-refractivity contribution is 6.02. The van der Waals surface area contributed by atoms with Crippen molar-refractivity contribution >= 4 is 11.6 Å². The molecular formula is C17H16F3N5O. The Labute approximate surface area is 147 Å². The number of hydrogen-bond acceptors (Lipinski definition) is 3. The van der Waals surface area contributed by atoms with Gasteiger partial charge in [-0.05, 0) is 12.5 Å². The number of halogens is 3. The Morgan fingerprint density at radius 2 is 2.04 bits per heavy atom. The second kappa shape index (κ2) is 6.66. The molecular weight excluding hydrogens is 347 g/mol. The van der Waals surface area contributed by atoms with Crippen LogP contribution in [0.2, 0.25) is 0 Å². The van der Waals surface area contributed by atoms with Crippen molar-refractivity contribution in [3.05, 3.63) is 65.2 Å². The van der Waals surface area contributed by atoms with E-state index in [0.717, 1.165) is 18.2 Å². The molecule has 0 aliphatic heterocycles. The lowest BCUT2D eigenvalue weighted by Crippen LogP contribution is -2.12. The van der Waals surface area contributed by atoms with E-state index >= 15 is 0 Å². The fraction of sp³-hybridized carbons (Fsp3) is 0.235. The van der Waals surface area contributed by atoms with Gasteiger partial charge in [0, 0.05) is 19.3 Å². The SMILES string of the molecule is Cc1cccc(Cn2cc(NC(=O)c3cc(C(F)(F)F)n(C)n3)cn2)c1. The van der Waals surface area contributed by atoms with E-state index in [1.807, 2.05) is 31.2 Å². The maximum absolute atomic E-state index is 12.8. The molecule has 0 radical (unpaired) electrons. The Hall–Kier alpha value is -3.10. The number of aromatic nitrogens is 4. The standard InChI is InChI=1S/C17H16F3N5O/c1-11-4-3-5-12(6-11)9-25-10-13(8-21-25)22-16(26)14-7-15(17(18,19)20)24(2)23-14/h3-8,10H,9H2,1-2H3,(H,22,26). The van der Waals surface area contributed by atoms with Crippen LogP contribution in [0.4, 0.5) is 18.9 Å². The highest BCUT2D eigenvalue weighted by Gasteiger charge is 2.35. The molecule has 0 unspecified atom stereocenters. The Morgan fingerprint density at radius 3 is 2.69 bits per heavy atom. The number of carbonyl (C=O) groups is 1. The van der Waals surface area contributed by atoms with Gasteiger partial charge in [-0.3, -0.25) is 14.2 Å². The van der Waals surface area contributed by atoms with E-state index in [2.05, 4.69) is 15.5 Å². The maximum Gasteiger partial charge on any atom is 0.433 e. The monoisotopic (exact) mass is 363 g/mol. The van der Waals surface area contributed by atoms with Crippen LogP contribution in [0, 0.1) is 6.92 Å². The number of rotatable bonds is 4. The number of nitrogens with one attached hydrogen (secondary N) is 1. The third-order valence-corrected chi connectivity index (χ3v) is 3.72. The van der Waals surface area contributed by atoms with E-state index in [-0.39, 0.29) is 5.69 Å². The normalized spacial score (nSPS) is 11.6. The summed E-state index contributed by atoms with van der Waals surface area (Å²) in [5, 5.41) is 10.3. The summed E-state index contributed by atoms with van der Waals surface area (Å²) in [6.45, 7) is 2.50. The summed E-state index contributed by atoms with van der Waals surface area (Å²) in [6, 6.07) is 8.62. The maximum atomic E-state index is 12.8. The summed E-state index contributed by atoms with van der Waals surface area (Å²) in [7, 11) is 1.14. The lowest BCUT2D eigenvalue weighted by molar-refractivity contribution is -0.143. The minimum atomic E-state index is -4.57. The molecule has 0 saturated carbocycles. The molecule has 6 nitrogen and oxygen atoms in total. The van der Waals surface area contributed by atoms with Crippen LogP contribution >= 0.6 is 0 Å². The van der Waals surface area contributed by atoms with Crippen molar-refractivity contribution in [3.63, 3.8) is 0 Å². The lowest BCUT2D eigenvalue weighted by Gasteiger charge is -2.04. The van der Waals surface area contributed by atoms with E-state index in [4.69, 9.17) is 0 Å². The first-order chi connectivity index (χ1) is 12.2. The zero-order valence-electron chi connectivity index (χ0n) is 14.1. The van der Waals surface area contributed by atoms with Crippen LogP contribution in [0.15, 0.2) is 42.7 Å². The van der Waals surface area contributed by atoms with E-state index in [9.17, 15) is 18.0 Å². The molecule has 9 heteroatoms. The quantitative estimate of drug-likeness (QED) is 0.774. The zero-order valence-corrected chi connectivity index (χ0v) is 14.1. The molecule has 0 fully saturated rings. The summed E-state index contributed by atoms with van der Waals surface area (Å²) < 4.78 is 40.6. The van der Waals surface area contributed by atoms with Crippen molar-refractivity contribution < 1.29 is 18.0 Å². The van der Waals surface area contributed by atoms with E-state index in [0.29, 0.717) is 23.0 Å². The molecule has 0 aliphatic rings. The average molecular weight is 363 g/mol. The molecule has 1 N–H and O–H groups in total. The highest BCUT2D eigenvalue weighted by Crippen LogP contribution is 2.29. The van der Waals surface area contributed by atoms with E-state index in [1.165, 1.54) is 6.20 Å². The van der Waals surface area contributed by atoms with Crippen molar-refractivity contribution in [2.24, 2.45) is 7.05 Å². The molecule has 3 aromatic rings. The summed E-state index contributed by atoms with van der Waals surface area (Å²) in [4.78, 5) is 12.1. The second-order valence-corrected chi connectivity index (χ2v) is 5.91. The van der Waals surface area contributed by atoms with Gasteiger partial charge in [0.25, 0.3) is 5.91 Å². The van der Waals surface area contributed by atoms with Crippen LogP contribution in [0.1, 0.15) is 27.3 Å². The molecule has 0 atom stereocenters. The first kappa shape index (κ1) is 17.7. The van der Waals surface area contributed by atoms with Crippen molar-refractivity contribution in [2.45, 2.75) is 19.6 Å². The smallest absolute Gasteiger partial charge is 0.318 e. The Kier molecular flexibility index (Phi) is 4.54. The predicted molar refractivity (Wildman–Crippen MR) is 88.7 cm³/mol. The summed E-state index contributed by atoms with van der Waals surface area (Å²) >= 11 is 0. The van der Waals surface area contributed by atoms with Gasteiger partial charge in [-0.2, -0.15) is 23.4 Å². The first-order valence-corrected chi connectivity index (χ1v) is 7.73. The largest absolute Gasteiger partial charge is 0.433 e. The molecule has 1 aromatic carbocycles. The number of amides is 1. The van der Waals surface area contributed by atoms with Crippen LogP contribution in [-0.4, -0.2) is 25.5 Å². The third-order valence-electron chi connectivity index (χ3n) is 3.72. The summed E-state index contributed by atoms with van der Waals surface area (Å²) in [5.41, 5.74) is 1.25. The topological polar surface area (TPSA) is 64.7 Å². The van der Waals surface area contributed by atoms with Gasteiger partial charge in [-0.25, -0.2) is 0 Å².